The topological polar surface area (TPSA) is 58.4 Å². The highest BCUT2D eigenvalue weighted by Gasteiger charge is 2.15. The van der Waals surface area contributed by atoms with Gasteiger partial charge in [0.2, 0.25) is 0 Å². The fourth-order valence-electron chi connectivity index (χ4n) is 2.07. The summed E-state index contributed by atoms with van der Waals surface area (Å²) in [4.78, 5) is 13.0. The minimum atomic E-state index is -0.336. The third kappa shape index (κ3) is 5.19. The van der Waals surface area contributed by atoms with Crippen molar-refractivity contribution in [3.8, 4) is 0 Å². The van der Waals surface area contributed by atoms with Crippen LogP contribution in [0.15, 0.2) is 22.7 Å². The van der Waals surface area contributed by atoms with Gasteiger partial charge in [-0.2, -0.15) is 0 Å². The molecule has 1 atom stereocenters. The number of nitrogens with zero attached hydrogens (tertiary/aromatic N) is 2. The predicted molar refractivity (Wildman–Crippen MR) is 84.9 cm³/mol. The van der Waals surface area contributed by atoms with E-state index in [4.69, 9.17) is 0 Å². The molecule has 0 saturated carbocycles. The van der Waals surface area contributed by atoms with Crippen LogP contribution in [0.2, 0.25) is 0 Å². The lowest BCUT2D eigenvalue weighted by atomic mass is 10.1. The summed E-state index contributed by atoms with van der Waals surface area (Å²) in [5, 5.41) is 14.4. The maximum Gasteiger partial charge on any atom is 0.275 e. The molecule has 0 spiro atoms. The van der Waals surface area contributed by atoms with Crippen LogP contribution in [0.1, 0.15) is 26.3 Å². The van der Waals surface area contributed by atoms with Crippen LogP contribution >= 0.6 is 15.9 Å². The van der Waals surface area contributed by atoms with Crippen molar-refractivity contribution in [2.45, 2.75) is 33.4 Å². The highest BCUT2D eigenvalue weighted by Crippen LogP contribution is 2.23. The highest BCUT2D eigenvalue weighted by molar-refractivity contribution is 9.10. The summed E-state index contributed by atoms with van der Waals surface area (Å²) >= 11 is 3.26. The quantitative estimate of drug-likeness (QED) is 0.581. The van der Waals surface area contributed by atoms with Gasteiger partial charge in [0.15, 0.2) is 0 Å². The Morgan fingerprint density at radius 2 is 2.05 bits per heavy atom. The number of benzene rings is 1. The maximum atomic E-state index is 11.0. The Morgan fingerprint density at radius 1 is 1.40 bits per heavy atom. The van der Waals surface area contributed by atoms with Crippen LogP contribution in [0.4, 0.5) is 5.69 Å². The first-order chi connectivity index (χ1) is 9.47. The monoisotopic (exact) mass is 343 g/mol. The van der Waals surface area contributed by atoms with Crippen molar-refractivity contribution in [3.05, 3.63) is 38.3 Å². The average Bonchev–Trinajstić information content (AvgIpc) is 2.43. The van der Waals surface area contributed by atoms with Crippen LogP contribution < -0.4 is 5.32 Å². The van der Waals surface area contributed by atoms with Gasteiger partial charge in [-0.1, -0.05) is 29.8 Å². The van der Waals surface area contributed by atoms with E-state index in [0.29, 0.717) is 12.1 Å². The SMILES string of the molecule is CCN(CC)CC(C)NCc1ccc(Br)cc1[N+](=O)[O-]. The van der Waals surface area contributed by atoms with Gasteiger partial charge in [0.25, 0.3) is 5.69 Å². The normalized spacial score (nSPS) is 12.7. The van der Waals surface area contributed by atoms with E-state index in [9.17, 15) is 10.1 Å². The molecular formula is C14H22BrN3O2. The molecule has 112 valence electrons. The number of nitrogens with one attached hydrogen (secondary N) is 1. The minimum absolute atomic E-state index is 0.155. The second-order valence-electron chi connectivity index (χ2n) is 4.80. The lowest BCUT2D eigenvalue weighted by Crippen LogP contribution is -2.38. The van der Waals surface area contributed by atoms with Gasteiger partial charge >= 0.3 is 0 Å². The van der Waals surface area contributed by atoms with E-state index < -0.39 is 0 Å². The molecular weight excluding hydrogens is 322 g/mol. The summed E-state index contributed by atoms with van der Waals surface area (Å²) in [5.41, 5.74) is 0.867. The molecule has 0 aliphatic rings. The molecule has 20 heavy (non-hydrogen) atoms. The minimum Gasteiger partial charge on any atom is -0.309 e. The van der Waals surface area contributed by atoms with Crippen molar-refractivity contribution < 1.29 is 4.92 Å². The molecule has 0 heterocycles. The number of hydrogen-bond acceptors (Lipinski definition) is 4. The van der Waals surface area contributed by atoms with E-state index in [2.05, 4.69) is 46.9 Å². The fraction of sp³-hybridized carbons (Fsp3) is 0.571. The van der Waals surface area contributed by atoms with E-state index in [1.807, 2.05) is 6.07 Å². The van der Waals surface area contributed by atoms with Crippen molar-refractivity contribution in [2.75, 3.05) is 19.6 Å². The van der Waals surface area contributed by atoms with Gasteiger partial charge < -0.3 is 10.2 Å². The lowest BCUT2D eigenvalue weighted by molar-refractivity contribution is -0.385. The molecule has 1 N–H and O–H groups in total. The van der Waals surface area contributed by atoms with Crippen LogP contribution in [0.25, 0.3) is 0 Å². The first-order valence-electron chi connectivity index (χ1n) is 6.86. The first-order valence-corrected chi connectivity index (χ1v) is 7.65. The molecule has 1 unspecified atom stereocenters. The molecule has 5 nitrogen and oxygen atoms in total. The molecule has 0 amide bonds. The number of halogens is 1. The Morgan fingerprint density at radius 3 is 2.60 bits per heavy atom. The zero-order chi connectivity index (χ0) is 15.1. The van der Waals surface area contributed by atoms with Crippen molar-refractivity contribution in [1.29, 1.82) is 0 Å². The molecule has 6 heteroatoms. The Kier molecular flexibility index (Phi) is 7.12. The fourth-order valence-corrected chi connectivity index (χ4v) is 2.42. The largest absolute Gasteiger partial charge is 0.309 e. The van der Waals surface area contributed by atoms with E-state index in [-0.39, 0.29) is 16.7 Å². The standard InChI is InChI=1S/C14H22BrN3O2/c1-4-17(5-2)10-11(3)16-9-12-6-7-13(15)8-14(12)18(19)20/h6-8,11,16H,4-5,9-10H2,1-3H3. The molecule has 1 aromatic carbocycles. The molecule has 1 rings (SSSR count). The summed E-state index contributed by atoms with van der Waals surface area (Å²) in [6.45, 7) is 9.85. The summed E-state index contributed by atoms with van der Waals surface area (Å²) < 4.78 is 0.726. The van der Waals surface area contributed by atoms with Gasteiger partial charge in [-0.15, -0.1) is 0 Å². The van der Waals surface area contributed by atoms with E-state index in [0.717, 1.165) is 24.1 Å². The molecule has 0 aromatic heterocycles. The van der Waals surface area contributed by atoms with Crippen LogP contribution in [-0.4, -0.2) is 35.5 Å². The first kappa shape index (κ1) is 17.1. The summed E-state index contributed by atoms with van der Waals surface area (Å²) in [6.07, 6.45) is 0. The highest BCUT2D eigenvalue weighted by atomic mass is 79.9. The zero-order valence-corrected chi connectivity index (χ0v) is 13.8. The number of nitro benzene ring substituents is 1. The summed E-state index contributed by atoms with van der Waals surface area (Å²) in [6, 6.07) is 5.46. The Hall–Kier alpha value is -0.980. The Balaban J connectivity index is 2.63. The third-order valence-corrected chi connectivity index (χ3v) is 3.80. The lowest BCUT2D eigenvalue weighted by Gasteiger charge is -2.23. The molecule has 1 aromatic rings. The van der Waals surface area contributed by atoms with Crippen molar-refractivity contribution in [2.24, 2.45) is 0 Å². The number of likely N-dealkylation sites (N-methyl/N-ethyl adjacent to an activating group) is 1. The maximum absolute atomic E-state index is 11.0. The predicted octanol–water partition coefficient (Wildman–Crippen LogP) is 3.18. The molecule has 0 radical (unpaired) electrons. The second kappa shape index (κ2) is 8.34. The number of nitro groups is 1. The van der Waals surface area contributed by atoms with Crippen molar-refractivity contribution in [3.63, 3.8) is 0 Å². The van der Waals surface area contributed by atoms with E-state index in [1.165, 1.54) is 0 Å². The molecule has 0 saturated heterocycles. The number of hydrogen-bond donors (Lipinski definition) is 1. The van der Waals surface area contributed by atoms with Crippen LogP contribution in [0, 0.1) is 10.1 Å². The van der Waals surface area contributed by atoms with Crippen LogP contribution in [0.3, 0.4) is 0 Å². The third-order valence-electron chi connectivity index (χ3n) is 3.31. The summed E-state index contributed by atoms with van der Waals surface area (Å²) in [7, 11) is 0. The Bertz CT molecular complexity index is 450. The van der Waals surface area contributed by atoms with Gasteiger partial charge in [-0.3, -0.25) is 10.1 Å². The molecule has 0 aliphatic carbocycles. The zero-order valence-electron chi connectivity index (χ0n) is 12.2. The average molecular weight is 344 g/mol. The molecule has 0 fully saturated rings. The second-order valence-corrected chi connectivity index (χ2v) is 5.71. The van der Waals surface area contributed by atoms with Gasteiger partial charge in [-0.05, 0) is 32.1 Å². The summed E-state index contributed by atoms with van der Waals surface area (Å²) in [5.74, 6) is 0. The Labute approximate surface area is 128 Å². The van der Waals surface area contributed by atoms with Gasteiger partial charge in [0.05, 0.1) is 4.92 Å². The van der Waals surface area contributed by atoms with Gasteiger partial charge in [0, 0.05) is 35.2 Å². The van der Waals surface area contributed by atoms with Gasteiger partial charge in [-0.25, -0.2) is 0 Å². The van der Waals surface area contributed by atoms with Crippen molar-refractivity contribution >= 4 is 21.6 Å². The van der Waals surface area contributed by atoms with E-state index in [1.54, 1.807) is 12.1 Å². The molecule has 0 bridgehead atoms. The smallest absolute Gasteiger partial charge is 0.275 e. The molecule has 0 aliphatic heterocycles. The van der Waals surface area contributed by atoms with Crippen molar-refractivity contribution in [1.82, 2.24) is 10.2 Å². The van der Waals surface area contributed by atoms with E-state index >= 15 is 0 Å². The van der Waals surface area contributed by atoms with Crippen LogP contribution in [-0.2, 0) is 6.54 Å². The van der Waals surface area contributed by atoms with Crippen LogP contribution in [0.5, 0.6) is 0 Å². The van der Waals surface area contributed by atoms with Gasteiger partial charge in [0.1, 0.15) is 0 Å². The number of rotatable bonds is 8.